The number of carbonyl (C=O) groups excluding carboxylic acids is 3. The zero-order valence-electron chi connectivity index (χ0n) is 20.4. The van der Waals surface area contributed by atoms with Crippen molar-refractivity contribution in [2.75, 3.05) is 22.2 Å². The molecule has 2 aromatic rings. The molecule has 1 atom stereocenters. The molecule has 0 aliphatic carbocycles. The zero-order valence-corrected chi connectivity index (χ0v) is 21.1. The Morgan fingerprint density at radius 1 is 1.22 bits per heavy atom. The largest absolute Gasteiger partial charge is 0.444 e. The molecule has 8 nitrogen and oxygen atoms in total. The molecule has 1 unspecified atom stereocenters. The minimum absolute atomic E-state index is 0.0419. The maximum absolute atomic E-state index is 13.5. The predicted molar refractivity (Wildman–Crippen MR) is 129 cm³/mol. The first-order valence-electron chi connectivity index (χ1n) is 11.0. The molecular formula is C24H26ClF3N4O4. The van der Waals surface area contributed by atoms with Crippen molar-refractivity contribution in [3.63, 3.8) is 0 Å². The first-order valence-corrected chi connectivity index (χ1v) is 11.4. The number of hydrogen-bond donors (Lipinski definition) is 1. The summed E-state index contributed by atoms with van der Waals surface area (Å²) >= 11 is 6.29. The number of rotatable bonds is 4. The minimum atomic E-state index is -4.65. The van der Waals surface area contributed by atoms with Gasteiger partial charge in [0.05, 0.1) is 22.0 Å². The molecule has 3 amide bonds. The zero-order chi connectivity index (χ0) is 27.0. The third-order valence-corrected chi connectivity index (χ3v) is 5.64. The summed E-state index contributed by atoms with van der Waals surface area (Å²) in [6.07, 6.45) is -5.40. The lowest BCUT2D eigenvalue weighted by Crippen LogP contribution is -2.46. The molecule has 1 aromatic carbocycles. The topological polar surface area (TPSA) is 91.8 Å². The van der Waals surface area contributed by atoms with E-state index in [2.05, 4.69) is 10.3 Å². The van der Waals surface area contributed by atoms with Gasteiger partial charge >= 0.3 is 12.3 Å². The number of para-hydroxylation sites is 1. The number of anilines is 3. The van der Waals surface area contributed by atoms with Crippen molar-refractivity contribution in [2.45, 2.75) is 58.4 Å². The number of nitrogens with zero attached hydrogens (tertiary/aromatic N) is 3. The molecule has 0 radical (unpaired) electrons. The van der Waals surface area contributed by atoms with E-state index in [0.29, 0.717) is 0 Å². The lowest BCUT2D eigenvalue weighted by atomic mass is 10.1. The van der Waals surface area contributed by atoms with Gasteiger partial charge in [0.1, 0.15) is 17.5 Å². The van der Waals surface area contributed by atoms with Crippen molar-refractivity contribution in [1.29, 1.82) is 0 Å². The molecule has 0 saturated carbocycles. The molecule has 1 aliphatic rings. The van der Waals surface area contributed by atoms with Gasteiger partial charge in [-0.05, 0) is 58.4 Å². The Morgan fingerprint density at radius 2 is 1.89 bits per heavy atom. The second-order valence-electron chi connectivity index (χ2n) is 9.33. The highest BCUT2D eigenvalue weighted by Gasteiger charge is 2.41. The second-order valence-corrected chi connectivity index (χ2v) is 9.74. The van der Waals surface area contributed by atoms with E-state index in [1.54, 1.807) is 26.8 Å². The second kappa shape index (κ2) is 9.96. The maximum Gasteiger partial charge on any atom is 0.416 e. The van der Waals surface area contributed by atoms with E-state index in [0.717, 1.165) is 17.0 Å². The van der Waals surface area contributed by atoms with Crippen LogP contribution in [0.15, 0.2) is 30.3 Å². The number of hydrogen-bond acceptors (Lipinski definition) is 5. The van der Waals surface area contributed by atoms with Crippen LogP contribution in [0, 0.1) is 6.92 Å². The molecular weight excluding hydrogens is 501 g/mol. The van der Waals surface area contributed by atoms with Crippen LogP contribution < -0.4 is 15.1 Å². The van der Waals surface area contributed by atoms with E-state index in [1.807, 2.05) is 0 Å². The van der Waals surface area contributed by atoms with E-state index in [1.165, 1.54) is 31.0 Å². The number of ether oxygens (including phenoxy) is 1. The Balaban J connectivity index is 1.94. The van der Waals surface area contributed by atoms with Crippen LogP contribution in [0.3, 0.4) is 0 Å². The number of aromatic nitrogens is 1. The van der Waals surface area contributed by atoms with Crippen LogP contribution >= 0.6 is 11.6 Å². The summed E-state index contributed by atoms with van der Waals surface area (Å²) in [6, 6.07) is 5.13. The monoisotopic (exact) mass is 526 g/mol. The molecule has 1 aliphatic heterocycles. The summed E-state index contributed by atoms with van der Waals surface area (Å²) in [4.78, 5) is 44.8. The summed E-state index contributed by atoms with van der Waals surface area (Å²) in [6.45, 7) is 6.43. The van der Waals surface area contributed by atoms with E-state index in [9.17, 15) is 27.6 Å². The lowest BCUT2D eigenvalue weighted by Gasteiger charge is -2.29. The van der Waals surface area contributed by atoms with Gasteiger partial charge in [-0.1, -0.05) is 17.7 Å². The van der Waals surface area contributed by atoms with Crippen molar-refractivity contribution in [1.82, 2.24) is 4.98 Å². The molecule has 1 N–H and O–H groups in total. The molecule has 12 heteroatoms. The molecule has 0 bridgehead atoms. The highest BCUT2D eigenvalue weighted by Crippen LogP contribution is 2.37. The molecule has 1 saturated heterocycles. The Labute approximate surface area is 211 Å². The smallest absolute Gasteiger partial charge is 0.416 e. The van der Waals surface area contributed by atoms with Gasteiger partial charge in [-0.2, -0.15) is 13.2 Å². The van der Waals surface area contributed by atoms with Crippen LogP contribution in [0.5, 0.6) is 0 Å². The highest BCUT2D eigenvalue weighted by atomic mass is 35.5. The van der Waals surface area contributed by atoms with Crippen LogP contribution in [-0.4, -0.2) is 41.6 Å². The summed E-state index contributed by atoms with van der Waals surface area (Å²) < 4.78 is 45.4. The van der Waals surface area contributed by atoms with E-state index >= 15 is 0 Å². The number of carbonyl (C=O) groups is 3. The Bertz CT molecular complexity index is 1200. The lowest BCUT2D eigenvalue weighted by molar-refractivity contribution is -0.137. The molecule has 36 heavy (non-hydrogen) atoms. The van der Waals surface area contributed by atoms with Gasteiger partial charge in [-0.3, -0.25) is 19.8 Å². The van der Waals surface area contributed by atoms with Crippen molar-refractivity contribution in [2.24, 2.45) is 0 Å². The predicted octanol–water partition coefficient (Wildman–Crippen LogP) is 5.57. The van der Waals surface area contributed by atoms with Gasteiger partial charge in [0.2, 0.25) is 11.8 Å². The Morgan fingerprint density at radius 3 is 2.50 bits per heavy atom. The number of pyridine rings is 1. The van der Waals surface area contributed by atoms with E-state index < -0.39 is 41.3 Å². The number of nitrogens with one attached hydrogen (secondary N) is 1. The van der Waals surface area contributed by atoms with Crippen LogP contribution in [0.1, 0.15) is 44.9 Å². The maximum atomic E-state index is 13.5. The van der Waals surface area contributed by atoms with Crippen LogP contribution in [0.2, 0.25) is 5.02 Å². The fourth-order valence-corrected chi connectivity index (χ4v) is 4.02. The number of aryl methyl sites for hydroxylation is 1. The summed E-state index contributed by atoms with van der Waals surface area (Å²) in [5, 5.41) is 2.67. The van der Waals surface area contributed by atoms with Gasteiger partial charge < -0.3 is 9.64 Å². The minimum Gasteiger partial charge on any atom is -0.444 e. The number of likely N-dealkylation sites (N-methyl/N-ethyl adjacent to an activating group) is 1. The molecule has 194 valence electrons. The van der Waals surface area contributed by atoms with Gasteiger partial charge in [0.25, 0.3) is 0 Å². The quantitative estimate of drug-likeness (QED) is 0.562. The molecule has 3 rings (SSSR count). The summed E-state index contributed by atoms with van der Waals surface area (Å²) in [5.41, 5.74) is -1.38. The van der Waals surface area contributed by atoms with Crippen LogP contribution in [0.4, 0.5) is 35.2 Å². The first-order chi connectivity index (χ1) is 16.6. The van der Waals surface area contributed by atoms with Crippen molar-refractivity contribution < 1.29 is 32.3 Å². The van der Waals surface area contributed by atoms with Gasteiger partial charge in [0, 0.05) is 19.2 Å². The third-order valence-electron chi connectivity index (χ3n) is 5.32. The van der Waals surface area contributed by atoms with E-state index in [-0.39, 0.29) is 40.8 Å². The standard InChI is InChI=1S/C24H26ClF3N4O4/c1-13-11-14(24(26,27)28)12-18(29-13)32-17(9-10-19(32)33)21(34)31(5)16-8-6-7-15(25)20(16)30-22(35)36-23(2,3)4/h6-8,11-12,17H,9-10H2,1-5H3,(H,30,35). The van der Waals surface area contributed by atoms with E-state index in [4.69, 9.17) is 16.3 Å². The van der Waals surface area contributed by atoms with Gasteiger partial charge in [-0.15, -0.1) is 0 Å². The Kier molecular flexibility index (Phi) is 7.54. The molecule has 1 aromatic heterocycles. The number of alkyl halides is 3. The van der Waals surface area contributed by atoms with Crippen LogP contribution in [-0.2, 0) is 20.5 Å². The summed E-state index contributed by atoms with van der Waals surface area (Å²) in [7, 11) is 1.42. The Hall–Kier alpha value is -3.34. The van der Waals surface area contributed by atoms with Crippen molar-refractivity contribution in [3.05, 3.63) is 46.6 Å². The number of halogens is 4. The van der Waals surface area contributed by atoms with Crippen molar-refractivity contribution >= 4 is 46.7 Å². The fourth-order valence-electron chi connectivity index (χ4n) is 3.81. The van der Waals surface area contributed by atoms with Gasteiger partial charge in [0.15, 0.2) is 0 Å². The van der Waals surface area contributed by atoms with Crippen molar-refractivity contribution in [3.8, 4) is 0 Å². The normalized spacial score (nSPS) is 16.2. The molecule has 2 heterocycles. The SMILES string of the molecule is Cc1cc(C(F)(F)F)cc(N2C(=O)CCC2C(=O)N(C)c2cccc(Cl)c2NC(=O)OC(C)(C)C)n1. The third kappa shape index (κ3) is 6.07. The van der Waals surface area contributed by atoms with Crippen LogP contribution in [0.25, 0.3) is 0 Å². The molecule has 1 fully saturated rings. The first kappa shape index (κ1) is 27.3. The number of amides is 3. The highest BCUT2D eigenvalue weighted by molar-refractivity contribution is 6.34. The average Bonchev–Trinajstić information content (AvgIpc) is 3.13. The van der Waals surface area contributed by atoms with Gasteiger partial charge in [-0.25, -0.2) is 9.78 Å². The summed E-state index contributed by atoms with van der Waals surface area (Å²) in [5.74, 6) is -1.37. The fraction of sp³-hybridized carbons (Fsp3) is 0.417. The molecule has 0 spiro atoms. The average molecular weight is 527 g/mol. The number of benzene rings is 1.